The summed E-state index contributed by atoms with van der Waals surface area (Å²) in [5.74, 6) is -0.419. The summed E-state index contributed by atoms with van der Waals surface area (Å²) in [6.07, 6.45) is 0. The van der Waals surface area contributed by atoms with Crippen LogP contribution in [0.15, 0.2) is 48.5 Å². The lowest BCUT2D eigenvalue weighted by Crippen LogP contribution is -2.30. The van der Waals surface area contributed by atoms with Gasteiger partial charge < -0.3 is 10.6 Å². The van der Waals surface area contributed by atoms with Gasteiger partial charge in [0.25, 0.3) is 0 Å². The second-order valence-corrected chi connectivity index (χ2v) is 5.81. The summed E-state index contributed by atoms with van der Waals surface area (Å²) in [7, 11) is 0. The third-order valence-corrected chi connectivity index (χ3v) is 4.03. The van der Waals surface area contributed by atoms with E-state index >= 15 is 0 Å². The maximum Gasteiger partial charge on any atom is 0.238 e. The molecular formula is C16H16FIN2O. The molecule has 0 saturated carbocycles. The Morgan fingerprint density at radius 3 is 2.57 bits per heavy atom. The van der Waals surface area contributed by atoms with Gasteiger partial charge in [-0.2, -0.15) is 0 Å². The van der Waals surface area contributed by atoms with Crippen LogP contribution in [-0.4, -0.2) is 12.5 Å². The zero-order valence-electron chi connectivity index (χ0n) is 11.6. The van der Waals surface area contributed by atoms with Gasteiger partial charge in [-0.3, -0.25) is 4.79 Å². The van der Waals surface area contributed by atoms with Crippen LogP contribution in [0.2, 0.25) is 0 Å². The first-order valence-corrected chi connectivity index (χ1v) is 7.68. The summed E-state index contributed by atoms with van der Waals surface area (Å²) in [5.41, 5.74) is 1.34. The fourth-order valence-electron chi connectivity index (χ4n) is 1.94. The molecular weight excluding hydrogens is 382 g/mol. The first-order valence-electron chi connectivity index (χ1n) is 6.60. The standard InChI is InChI=1S/C16H16FIN2O/c1-11(12-6-2-3-7-13(12)17)19-10-16(21)20-15-9-5-4-8-14(15)18/h2-9,11,19H,10H2,1H3,(H,20,21). The monoisotopic (exact) mass is 398 g/mol. The van der Waals surface area contributed by atoms with Gasteiger partial charge in [-0.1, -0.05) is 30.3 Å². The number of halogens is 2. The lowest BCUT2D eigenvalue weighted by Gasteiger charge is -2.15. The molecule has 1 amide bonds. The summed E-state index contributed by atoms with van der Waals surface area (Å²) in [6.45, 7) is 1.96. The van der Waals surface area contributed by atoms with E-state index in [2.05, 4.69) is 33.2 Å². The highest BCUT2D eigenvalue weighted by atomic mass is 127. The first-order chi connectivity index (χ1) is 10.1. The van der Waals surface area contributed by atoms with Crippen molar-refractivity contribution >= 4 is 34.2 Å². The Labute approximate surface area is 137 Å². The first kappa shape index (κ1) is 15.9. The zero-order valence-corrected chi connectivity index (χ0v) is 13.7. The van der Waals surface area contributed by atoms with Crippen LogP contribution in [0.4, 0.5) is 10.1 Å². The van der Waals surface area contributed by atoms with Crippen LogP contribution in [0.25, 0.3) is 0 Å². The predicted octanol–water partition coefficient (Wildman–Crippen LogP) is 3.72. The average molecular weight is 398 g/mol. The molecule has 0 heterocycles. The van der Waals surface area contributed by atoms with E-state index in [1.807, 2.05) is 31.2 Å². The Kier molecular flexibility index (Phi) is 5.69. The maximum atomic E-state index is 13.6. The van der Waals surface area contributed by atoms with Crippen LogP contribution in [0.1, 0.15) is 18.5 Å². The van der Waals surface area contributed by atoms with E-state index in [1.54, 1.807) is 18.2 Å². The van der Waals surface area contributed by atoms with Gasteiger partial charge in [-0.05, 0) is 47.7 Å². The van der Waals surface area contributed by atoms with Crippen molar-refractivity contribution in [2.45, 2.75) is 13.0 Å². The molecule has 0 bridgehead atoms. The third kappa shape index (κ3) is 4.50. The molecule has 0 radical (unpaired) electrons. The number of anilines is 1. The number of para-hydroxylation sites is 1. The number of amides is 1. The quantitative estimate of drug-likeness (QED) is 0.754. The minimum atomic E-state index is -0.268. The van der Waals surface area contributed by atoms with Crippen molar-refractivity contribution in [1.82, 2.24) is 5.32 Å². The van der Waals surface area contributed by atoms with Gasteiger partial charge in [0, 0.05) is 15.2 Å². The van der Waals surface area contributed by atoms with Crippen LogP contribution in [0.5, 0.6) is 0 Å². The lowest BCUT2D eigenvalue weighted by atomic mass is 10.1. The largest absolute Gasteiger partial charge is 0.324 e. The second-order valence-electron chi connectivity index (χ2n) is 4.65. The fourth-order valence-corrected chi connectivity index (χ4v) is 2.46. The average Bonchev–Trinajstić information content (AvgIpc) is 2.48. The van der Waals surface area contributed by atoms with Crippen LogP contribution in [0.3, 0.4) is 0 Å². The summed E-state index contributed by atoms with van der Waals surface area (Å²) in [6, 6.07) is 13.9. The van der Waals surface area contributed by atoms with Crippen molar-refractivity contribution in [3.05, 3.63) is 63.5 Å². The Morgan fingerprint density at radius 2 is 1.86 bits per heavy atom. The molecule has 0 saturated heterocycles. The predicted molar refractivity (Wildman–Crippen MR) is 90.6 cm³/mol. The molecule has 1 atom stereocenters. The molecule has 110 valence electrons. The van der Waals surface area contributed by atoms with E-state index in [-0.39, 0.29) is 24.3 Å². The molecule has 2 aromatic carbocycles. The van der Waals surface area contributed by atoms with Gasteiger partial charge in [-0.15, -0.1) is 0 Å². The summed E-state index contributed by atoms with van der Waals surface area (Å²) in [4.78, 5) is 11.9. The number of nitrogens with one attached hydrogen (secondary N) is 2. The van der Waals surface area contributed by atoms with Crippen LogP contribution < -0.4 is 10.6 Å². The van der Waals surface area contributed by atoms with E-state index in [0.717, 1.165) is 9.26 Å². The molecule has 2 aromatic rings. The molecule has 0 aliphatic carbocycles. The van der Waals surface area contributed by atoms with Crippen molar-refractivity contribution in [2.24, 2.45) is 0 Å². The van der Waals surface area contributed by atoms with E-state index in [0.29, 0.717) is 5.56 Å². The highest BCUT2D eigenvalue weighted by Crippen LogP contribution is 2.17. The van der Waals surface area contributed by atoms with Crippen molar-refractivity contribution < 1.29 is 9.18 Å². The smallest absolute Gasteiger partial charge is 0.238 e. The van der Waals surface area contributed by atoms with Gasteiger partial charge in [0.15, 0.2) is 0 Å². The van der Waals surface area contributed by atoms with Gasteiger partial charge in [0.2, 0.25) is 5.91 Å². The van der Waals surface area contributed by atoms with Crippen molar-refractivity contribution in [3.63, 3.8) is 0 Å². The molecule has 21 heavy (non-hydrogen) atoms. The van der Waals surface area contributed by atoms with Crippen LogP contribution in [0, 0.1) is 9.39 Å². The van der Waals surface area contributed by atoms with E-state index < -0.39 is 0 Å². The number of benzene rings is 2. The highest BCUT2D eigenvalue weighted by Gasteiger charge is 2.11. The number of hydrogen-bond acceptors (Lipinski definition) is 2. The van der Waals surface area contributed by atoms with Gasteiger partial charge >= 0.3 is 0 Å². The summed E-state index contributed by atoms with van der Waals surface area (Å²) >= 11 is 2.16. The van der Waals surface area contributed by atoms with Gasteiger partial charge in [0.05, 0.1) is 12.2 Å². The highest BCUT2D eigenvalue weighted by molar-refractivity contribution is 14.1. The summed E-state index contributed by atoms with van der Waals surface area (Å²) < 4.78 is 14.6. The van der Waals surface area contributed by atoms with Gasteiger partial charge in [-0.25, -0.2) is 4.39 Å². The molecule has 0 fully saturated rings. The molecule has 3 nitrogen and oxygen atoms in total. The Morgan fingerprint density at radius 1 is 1.19 bits per heavy atom. The normalized spacial score (nSPS) is 12.0. The number of carbonyl (C=O) groups excluding carboxylic acids is 1. The fraction of sp³-hybridized carbons (Fsp3) is 0.188. The molecule has 2 rings (SSSR count). The SMILES string of the molecule is CC(NCC(=O)Nc1ccccc1I)c1ccccc1F. The second kappa shape index (κ2) is 7.51. The Bertz CT molecular complexity index is 633. The lowest BCUT2D eigenvalue weighted by molar-refractivity contribution is -0.115. The summed E-state index contributed by atoms with van der Waals surface area (Å²) in [5, 5.41) is 5.85. The van der Waals surface area contributed by atoms with Crippen molar-refractivity contribution in [2.75, 3.05) is 11.9 Å². The van der Waals surface area contributed by atoms with E-state index in [9.17, 15) is 9.18 Å². The van der Waals surface area contributed by atoms with E-state index in [1.165, 1.54) is 6.07 Å². The van der Waals surface area contributed by atoms with Crippen LogP contribution in [-0.2, 0) is 4.79 Å². The molecule has 0 spiro atoms. The minimum absolute atomic E-state index is 0.125. The molecule has 1 unspecified atom stereocenters. The maximum absolute atomic E-state index is 13.6. The number of hydrogen-bond donors (Lipinski definition) is 2. The Balaban J connectivity index is 1.90. The molecule has 5 heteroatoms. The van der Waals surface area contributed by atoms with Crippen molar-refractivity contribution in [1.29, 1.82) is 0 Å². The molecule has 2 N–H and O–H groups in total. The zero-order chi connectivity index (χ0) is 15.2. The molecule has 0 aliphatic rings. The minimum Gasteiger partial charge on any atom is -0.324 e. The number of rotatable bonds is 5. The third-order valence-electron chi connectivity index (χ3n) is 3.09. The van der Waals surface area contributed by atoms with Gasteiger partial charge in [0.1, 0.15) is 5.82 Å². The van der Waals surface area contributed by atoms with Crippen molar-refractivity contribution in [3.8, 4) is 0 Å². The Hall–Kier alpha value is -1.47. The molecule has 0 aromatic heterocycles. The van der Waals surface area contributed by atoms with E-state index in [4.69, 9.17) is 0 Å². The van der Waals surface area contributed by atoms with Crippen LogP contribution >= 0.6 is 22.6 Å². The topological polar surface area (TPSA) is 41.1 Å². The number of carbonyl (C=O) groups is 1. The molecule has 0 aliphatic heterocycles.